The first-order chi connectivity index (χ1) is 6.35. The fourth-order valence-corrected chi connectivity index (χ4v) is 2.49. The average Bonchev–Trinajstić information content (AvgIpc) is 2.00. The number of rotatable bonds is 4. The largest absolute Gasteiger partial charge is 0.481 e. The lowest BCUT2D eigenvalue weighted by Crippen LogP contribution is -2.48. The van der Waals surface area contributed by atoms with E-state index >= 15 is 0 Å². The van der Waals surface area contributed by atoms with Gasteiger partial charge in [0.05, 0.1) is 0 Å². The molecule has 3 nitrogen and oxygen atoms in total. The molecule has 0 spiro atoms. The maximum Gasteiger partial charge on any atom is 0.303 e. The van der Waals surface area contributed by atoms with Crippen LogP contribution >= 0.6 is 0 Å². The first kappa shape index (κ1) is 11.2. The molecule has 80 valence electrons. The molecule has 1 aliphatic carbocycles. The van der Waals surface area contributed by atoms with Crippen molar-refractivity contribution in [2.45, 2.75) is 40.0 Å². The van der Waals surface area contributed by atoms with Crippen LogP contribution < -0.4 is 0 Å². The highest BCUT2D eigenvalue weighted by Crippen LogP contribution is 2.53. The van der Waals surface area contributed by atoms with E-state index < -0.39 is 5.97 Å². The summed E-state index contributed by atoms with van der Waals surface area (Å²) in [5.41, 5.74) is 0.00127. The molecule has 0 aromatic heterocycles. The number of carbonyl (C=O) groups is 2. The number of carboxylic acid groups (broad SMARTS) is 1. The second-order valence-electron chi connectivity index (χ2n) is 4.85. The molecule has 1 rings (SSSR count). The van der Waals surface area contributed by atoms with Crippen LogP contribution in [0, 0.1) is 17.3 Å². The van der Waals surface area contributed by atoms with Gasteiger partial charge >= 0.3 is 5.97 Å². The third kappa shape index (κ3) is 1.97. The normalized spacial score (nSPS) is 29.4. The molecule has 1 saturated carbocycles. The second-order valence-corrected chi connectivity index (χ2v) is 4.85. The number of Topliss-reactive ketones (excluding diaryl/α,β-unsaturated/α-hetero) is 1. The van der Waals surface area contributed by atoms with Crippen molar-refractivity contribution in [2.24, 2.45) is 17.3 Å². The molecule has 2 atom stereocenters. The molecular formula is C11H18O3. The highest BCUT2D eigenvalue weighted by Gasteiger charge is 2.49. The zero-order valence-electron chi connectivity index (χ0n) is 9.04. The quantitative estimate of drug-likeness (QED) is 0.752. The van der Waals surface area contributed by atoms with Gasteiger partial charge in [0.25, 0.3) is 0 Å². The van der Waals surface area contributed by atoms with Gasteiger partial charge in [-0.2, -0.15) is 0 Å². The maximum atomic E-state index is 11.2. The number of carbonyl (C=O) groups excluding carboxylic acids is 1. The summed E-state index contributed by atoms with van der Waals surface area (Å²) in [5, 5.41) is 8.56. The first-order valence-corrected chi connectivity index (χ1v) is 5.08. The monoisotopic (exact) mass is 198 g/mol. The number of aliphatic carboxylic acids is 1. The molecule has 0 aliphatic heterocycles. The number of carboxylic acids is 1. The average molecular weight is 198 g/mol. The van der Waals surface area contributed by atoms with Crippen LogP contribution in [0.3, 0.4) is 0 Å². The van der Waals surface area contributed by atoms with Crippen molar-refractivity contribution in [3.63, 3.8) is 0 Å². The molecule has 0 aromatic carbocycles. The van der Waals surface area contributed by atoms with E-state index in [-0.39, 0.29) is 23.5 Å². The summed E-state index contributed by atoms with van der Waals surface area (Å²) in [6.07, 6.45) is 1.79. The van der Waals surface area contributed by atoms with Crippen molar-refractivity contribution in [1.82, 2.24) is 0 Å². The van der Waals surface area contributed by atoms with Gasteiger partial charge in [-0.25, -0.2) is 0 Å². The lowest BCUT2D eigenvalue weighted by atomic mass is 9.52. The van der Waals surface area contributed by atoms with E-state index in [1.54, 1.807) is 6.92 Å². The van der Waals surface area contributed by atoms with Gasteiger partial charge < -0.3 is 5.11 Å². The fraction of sp³-hybridized carbons (Fsp3) is 0.818. The Hall–Kier alpha value is -0.860. The standard InChI is InChI=1S/C11H18O3/c1-7(12)9-6-8(11(9,2)3)4-5-10(13)14/h8-9H,4-6H2,1-3H3,(H,13,14)/t8-,9-/m1/s1. The molecule has 0 heterocycles. The SMILES string of the molecule is CC(=O)[C@H]1C[C@@H](CCC(=O)O)C1(C)C. The molecule has 1 aliphatic rings. The van der Waals surface area contributed by atoms with Gasteiger partial charge in [0.2, 0.25) is 0 Å². The van der Waals surface area contributed by atoms with Crippen molar-refractivity contribution in [3.8, 4) is 0 Å². The Morgan fingerprint density at radius 2 is 2.00 bits per heavy atom. The van der Waals surface area contributed by atoms with E-state index in [4.69, 9.17) is 5.11 Å². The van der Waals surface area contributed by atoms with Crippen molar-refractivity contribution >= 4 is 11.8 Å². The van der Waals surface area contributed by atoms with Crippen molar-refractivity contribution in [2.75, 3.05) is 0 Å². The Labute approximate surface area is 84.5 Å². The van der Waals surface area contributed by atoms with Gasteiger partial charge in [-0.05, 0) is 31.1 Å². The molecule has 0 bridgehead atoms. The van der Waals surface area contributed by atoms with E-state index in [1.807, 2.05) is 0 Å². The molecule has 0 aromatic rings. The lowest BCUT2D eigenvalue weighted by Gasteiger charge is -2.51. The summed E-state index contributed by atoms with van der Waals surface area (Å²) in [7, 11) is 0. The van der Waals surface area contributed by atoms with Crippen molar-refractivity contribution in [3.05, 3.63) is 0 Å². The molecule has 0 radical (unpaired) electrons. The Balaban J connectivity index is 2.46. The van der Waals surface area contributed by atoms with Crippen LogP contribution in [0.4, 0.5) is 0 Å². The third-order valence-corrected chi connectivity index (χ3v) is 3.67. The third-order valence-electron chi connectivity index (χ3n) is 3.67. The minimum Gasteiger partial charge on any atom is -0.481 e. The summed E-state index contributed by atoms with van der Waals surface area (Å²) in [5.74, 6) is 0.0300. The predicted molar refractivity (Wildman–Crippen MR) is 52.9 cm³/mol. The van der Waals surface area contributed by atoms with Gasteiger partial charge in [0.1, 0.15) is 5.78 Å². The summed E-state index contributed by atoms with van der Waals surface area (Å²) in [4.78, 5) is 21.6. The summed E-state index contributed by atoms with van der Waals surface area (Å²) in [6.45, 7) is 5.75. The molecule has 1 N–H and O–H groups in total. The molecule has 3 heteroatoms. The summed E-state index contributed by atoms with van der Waals surface area (Å²) in [6, 6.07) is 0. The van der Waals surface area contributed by atoms with E-state index in [9.17, 15) is 9.59 Å². The first-order valence-electron chi connectivity index (χ1n) is 5.08. The Bertz CT molecular complexity index is 253. The highest BCUT2D eigenvalue weighted by molar-refractivity contribution is 5.80. The topological polar surface area (TPSA) is 54.4 Å². The van der Waals surface area contributed by atoms with Crippen LogP contribution in [0.2, 0.25) is 0 Å². The number of hydrogen-bond donors (Lipinski definition) is 1. The number of hydrogen-bond acceptors (Lipinski definition) is 2. The van der Waals surface area contributed by atoms with Gasteiger partial charge in [0.15, 0.2) is 0 Å². The predicted octanol–water partition coefficient (Wildman–Crippen LogP) is 2.10. The maximum absolute atomic E-state index is 11.2. The van der Waals surface area contributed by atoms with Gasteiger partial charge in [-0.1, -0.05) is 13.8 Å². The van der Waals surface area contributed by atoms with Gasteiger partial charge in [-0.3, -0.25) is 9.59 Å². The number of ketones is 1. The van der Waals surface area contributed by atoms with Crippen molar-refractivity contribution in [1.29, 1.82) is 0 Å². The minimum absolute atomic E-state index is 0.00127. The zero-order chi connectivity index (χ0) is 10.9. The summed E-state index contributed by atoms with van der Waals surface area (Å²) >= 11 is 0. The highest BCUT2D eigenvalue weighted by atomic mass is 16.4. The molecule has 0 saturated heterocycles. The van der Waals surface area contributed by atoms with Crippen LogP contribution in [0.1, 0.15) is 40.0 Å². The van der Waals surface area contributed by atoms with E-state index in [0.29, 0.717) is 12.3 Å². The van der Waals surface area contributed by atoms with Gasteiger partial charge in [-0.15, -0.1) is 0 Å². The Morgan fingerprint density at radius 1 is 1.43 bits per heavy atom. The van der Waals surface area contributed by atoms with Crippen LogP contribution in [0.5, 0.6) is 0 Å². The Kier molecular flexibility index (Phi) is 2.98. The lowest BCUT2D eigenvalue weighted by molar-refractivity contribution is -0.140. The Morgan fingerprint density at radius 3 is 2.36 bits per heavy atom. The van der Waals surface area contributed by atoms with Crippen LogP contribution in [0.15, 0.2) is 0 Å². The van der Waals surface area contributed by atoms with Crippen LogP contribution in [-0.2, 0) is 9.59 Å². The molecule has 14 heavy (non-hydrogen) atoms. The molecule has 0 unspecified atom stereocenters. The smallest absolute Gasteiger partial charge is 0.303 e. The molecular weight excluding hydrogens is 180 g/mol. The zero-order valence-corrected chi connectivity index (χ0v) is 9.04. The van der Waals surface area contributed by atoms with E-state index in [0.717, 1.165) is 6.42 Å². The minimum atomic E-state index is -0.743. The van der Waals surface area contributed by atoms with Crippen LogP contribution in [0.25, 0.3) is 0 Å². The second kappa shape index (κ2) is 3.71. The van der Waals surface area contributed by atoms with E-state index in [2.05, 4.69) is 13.8 Å². The van der Waals surface area contributed by atoms with Crippen LogP contribution in [-0.4, -0.2) is 16.9 Å². The molecule has 1 fully saturated rings. The van der Waals surface area contributed by atoms with Crippen molar-refractivity contribution < 1.29 is 14.7 Å². The summed E-state index contributed by atoms with van der Waals surface area (Å²) < 4.78 is 0. The molecule has 0 amide bonds. The van der Waals surface area contributed by atoms with Gasteiger partial charge in [0, 0.05) is 12.3 Å². The van der Waals surface area contributed by atoms with E-state index in [1.165, 1.54) is 0 Å². The fourth-order valence-electron chi connectivity index (χ4n) is 2.49.